The molecule has 0 aliphatic heterocycles. The van der Waals surface area contributed by atoms with Gasteiger partial charge in [0.05, 0.1) is 5.92 Å². The number of rotatable bonds is 5. The molecule has 90 valence electrons. The molecule has 1 heterocycles. The fourth-order valence-corrected chi connectivity index (χ4v) is 1.39. The van der Waals surface area contributed by atoms with E-state index in [1.165, 1.54) is 6.92 Å². The molecule has 0 N–H and O–H groups in total. The van der Waals surface area contributed by atoms with Gasteiger partial charge in [-0.1, -0.05) is 19.0 Å². The predicted octanol–water partition coefficient (Wildman–Crippen LogP) is 2.11. The topological polar surface area (TPSA) is 65.2 Å². The van der Waals surface area contributed by atoms with Gasteiger partial charge < -0.3 is 9.26 Å². The Morgan fingerprint density at radius 3 is 2.44 bits per heavy atom. The lowest BCUT2D eigenvalue weighted by Gasteiger charge is -2.14. The Kier molecular flexibility index (Phi) is 4.18. The molecule has 1 aromatic heterocycles. The van der Waals surface area contributed by atoms with Crippen LogP contribution in [0, 0.1) is 5.92 Å². The third-order valence-corrected chi connectivity index (χ3v) is 2.55. The van der Waals surface area contributed by atoms with Crippen LogP contribution in [0.15, 0.2) is 4.52 Å². The number of nitrogens with zero attached hydrogens (tertiary/aromatic N) is 2. The monoisotopic (exact) mass is 226 g/mol. The Balaban J connectivity index is 2.89. The second kappa shape index (κ2) is 5.21. The van der Waals surface area contributed by atoms with E-state index < -0.39 is 0 Å². The Hall–Kier alpha value is -1.23. The van der Waals surface area contributed by atoms with E-state index in [0.717, 1.165) is 0 Å². The van der Waals surface area contributed by atoms with Gasteiger partial charge in [-0.05, 0) is 19.8 Å². The minimum absolute atomic E-state index is 0.00807. The fourth-order valence-electron chi connectivity index (χ4n) is 1.39. The van der Waals surface area contributed by atoms with Crippen molar-refractivity contribution in [3.05, 3.63) is 11.7 Å². The lowest BCUT2D eigenvalue weighted by Crippen LogP contribution is -2.11. The van der Waals surface area contributed by atoms with Gasteiger partial charge in [0.15, 0.2) is 0 Å². The number of aromatic nitrogens is 2. The van der Waals surface area contributed by atoms with E-state index in [0.29, 0.717) is 11.7 Å². The van der Waals surface area contributed by atoms with Gasteiger partial charge in [-0.2, -0.15) is 4.98 Å². The van der Waals surface area contributed by atoms with Crippen molar-refractivity contribution in [2.75, 3.05) is 7.11 Å². The number of Topliss-reactive ketones (excluding diaryl/α,β-unsaturated/α-hetero) is 1. The van der Waals surface area contributed by atoms with E-state index in [1.807, 2.05) is 13.8 Å². The molecule has 1 rings (SSSR count). The Morgan fingerprint density at radius 2 is 2.00 bits per heavy atom. The summed E-state index contributed by atoms with van der Waals surface area (Å²) in [4.78, 5) is 15.4. The second-order valence-electron chi connectivity index (χ2n) is 4.22. The zero-order chi connectivity index (χ0) is 12.3. The first-order chi connectivity index (χ1) is 7.47. The number of carbonyl (C=O) groups excluding carboxylic acids is 1. The maximum Gasteiger partial charge on any atom is 0.237 e. The summed E-state index contributed by atoms with van der Waals surface area (Å²) < 4.78 is 10.3. The predicted molar refractivity (Wildman–Crippen MR) is 58.0 cm³/mol. The van der Waals surface area contributed by atoms with Crippen molar-refractivity contribution < 1.29 is 14.1 Å². The molecule has 0 aliphatic rings. The summed E-state index contributed by atoms with van der Waals surface area (Å²) in [6, 6.07) is 0. The standard InChI is InChI=1S/C11H18N2O3/c1-6(2)9(15-5)10-12-11(16-13-10)7(3)8(4)14/h6-7,9H,1-5H3. The summed E-state index contributed by atoms with van der Waals surface area (Å²) in [5.74, 6) is 0.758. The van der Waals surface area contributed by atoms with Crippen LogP contribution in [0.1, 0.15) is 51.4 Å². The van der Waals surface area contributed by atoms with Gasteiger partial charge in [0, 0.05) is 7.11 Å². The number of ether oxygens (including phenoxy) is 1. The summed E-state index contributed by atoms with van der Waals surface area (Å²) in [5, 5.41) is 3.85. The van der Waals surface area contributed by atoms with Crippen molar-refractivity contribution in [3.63, 3.8) is 0 Å². The Bertz CT molecular complexity index is 360. The van der Waals surface area contributed by atoms with Gasteiger partial charge >= 0.3 is 0 Å². The molecular weight excluding hydrogens is 208 g/mol. The summed E-state index contributed by atoms with van der Waals surface area (Å²) in [6.45, 7) is 7.28. The van der Waals surface area contributed by atoms with Crippen molar-refractivity contribution >= 4 is 5.78 Å². The van der Waals surface area contributed by atoms with E-state index in [4.69, 9.17) is 9.26 Å². The molecule has 1 aromatic rings. The zero-order valence-corrected chi connectivity index (χ0v) is 10.4. The Labute approximate surface area is 95.2 Å². The van der Waals surface area contributed by atoms with Crippen molar-refractivity contribution in [2.24, 2.45) is 5.92 Å². The first-order valence-corrected chi connectivity index (χ1v) is 5.34. The third-order valence-electron chi connectivity index (χ3n) is 2.55. The molecular formula is C11H18N2O3. The summed E-state index contributed by atoms with van der Waals surface area (Å²) in [5.41, 5.74) is 0. The molecule has 0 aromatic carbocycles. The van der Waals surface area contributed by atoms with Crippen LogP contribution < -0.4 is 0 Å². The lowest BCUT2D eigenvalue weighted by atomic mass is 10.1. The highest BCUT2D eigenvalue weighted by Crippen LogP contribution is 2.24. The highest BCUT2D eigenvalue weighted by atomic mass is 16.5. The average molecular weight is 226 g/mol. The number of hydrogen-bond acceptors (Lipinski definition) is 5. The average Bonchev–Trinajstić information content (AvgIpc) is 2.66. The van der Waals surface area contributed by atoms with Gasteiger partial charge in [0.1, 0.15) is 11.9 Å². The normalized spacial score (nSPS) is 15.1. The quantitative estimate of drug-likeness (QED) is 0.769. The highest BCUT2D eigenvalue weighted by Gasteiger charge is 2.24. The SMILES string of the molecule is COC(c1noc(C(C)C(C)=O)n1)C(C)C. The van der Waals surface area contributed by atoms with E-state index >= 15 is 0 Å². The molecule has 16 heavy (non-hydrogen) atoms. The molecule has 0 saturated heterocycles. The molecule has 2 atom stereocenters. The maximum atomic E-state index is 11.2. The van der Waals surface area contributed by atoms with Gasteiger partial charge in [0.2, 0.25) is 11.7 Å². The number of carbonyl (C=O) groups is 1. The highest BCUT2D eigenvalue weighted by molar-refractivity contribution is 5.81. The molecule has 5 nitrogen and oxygen atoms in total. The maximum absolute atomic E-state index is 11.2. The molecule has 5 heteroatoms. The molecule has 0 bridgehead atoms. The van der Waals surface area contributed by atoms with Crippen LogP contribution in [0.25, 0.3) is 0 Å². The van der Waals surface area contributed by atoms with Crippen molar-refractivity contribution in [1.82, 2.24) is 10.1 Å². The van der Waals surface area contributed by atoms with Crippen LogP contribution in [0.5, 0.6) is 0 Å². The molecule has 0 amide bonds. The number of methoxy groups -OCH3 is 1. The summed E-state index contributed by atoms with van der Waals surface area (Å²) >= 11 is 0. The first-order valence-electron chi connectivity index (χ1n) is 5.34. The minimum atomic E-state index is -0.356. The van der Waals surface area contributed by atoms with Crippen LogP contribution in [0.3, 0.4) is 0 Å². The molecule has 0 fully saturated rings. The van der Waals surface area contributed by atoms with E-state index in [-0.39, 0.29) is 23.7 Å². The van der Waals surface area contributed by atoms with E-state index in [1.54, 1.807) is 14.0 Å². The summed E-state index contributed by atoms with van der Waals surface area (Å²) in [6.07, 6.45) is -0.198. The van der Waals surface area contributed by atoms with Crippen LogP contribution in [-0.4, -0.2) is 23.0 Å². The molecule has 0 spiro atoms. The second-order valence-corrected chi connectivity index (χ2v) is 4.22. The van der Waals surface area contributed by atoms with Crippen molar-refractivity contribution in [2.45, 2.75) is 39.7 Å². The minimum Gasteiger partial charge on any atom is -0.373 e. The Morgan fingerprint density at radius 1 is 1.38 bits per heavy atom. The van der Waals surface area contributed by atoms with E-state index in [2.05, 4.69) is 10.1 Å². The summed E-state index contributed by atoms with van der Waals surface area (Å²) in [7, 11) is 1.61. The van der Waals surface area contributed by atoms with E-state index in [9.17, 15) is 4.79 Å². The molecule has 2 unspecified atom stereocenters. The van der Waals surface area contributed by atoms with Crippen molar-refractivity contribution in [3.8, 4) is 0 Å². The van der Waals surface area contributed by atoms with Gasteiger partial charge in [-0.15, -0.1) is 0 Å². The van der Waals surface area contributed by atoms with Gasteiger partial charge in [-0.25, -0.2) is 0 Å². The lowest BCUT2D eigenvalue weighted by molar-refractivity contribution is -0.118. The van der Waals surface area contributed by atoms with Crippen LogP contribution in [-0.2, 0) is 9.53 Å². The molecule has 0 aliphatic carbocycles. The number of ketones is 1. The first kappa shape index (κ1) is 12.8. The third kappa shape index (κ3) is 2.66. The molecule has 0 saturated carbocycles. The van der Waals surface area contributed by atoms with Crippen LogP contribution >= 0.6 is 0 Å². The van der Waals surface area contributed by atoms with Crippen LogP contribution in [0.4, 0.5) is 0 Å². The largest absolute Gasteiger partial charge is 0.373 e. The van der Waals surface area contributed by atoms with Crippen molar-refractivity contribution in [1.29, 1.82) is 0 Å². The fraction of sp³-hybridized carbons (Fsp3) is 0.727. The van der Waals surface area contributed by atoms with Crippen LogP contribution in [0.2, 0.25) is 0 Å². The smallest absolute Gasteiger partial charge is 0.237 e. The van der Waals surface area contributed by atoms with Gasteiger partial charge in [0.25, 0.3) is 0 Å². The molecule has 0 radical (unpaired) electrons. The number of hydrogen-bond donors (Lipinski definition) is 0. The van der Waals surface area contributed by atoms with Gasteiger partial charge in [-0.3, -0.25) is 4.79 Å². The zero-order valence-electron chi connectivity index (χ0n) is 10.4.